The lowest BCUT2D eigenvalue weighted by atomic mass is 9.57. The van der Waals surface area contributed by atoms with Crippen molar-refractivity contribution in [2.75, 3.05) is 6.61 Å². The zero-order chi connectivity index (χ0) is 11.2. The molecule has 16 heavy (non-hydrogen) atoms. The lowest BCUT2D eigenvalue weighted by Gasteiger charge is -2.47. The molecule has 0 bridgehead atoms. The van der Waals surface area contributed by atoms with Crippen LogP contribution in [0.5, 0.6) is 0 Å². The predicted octanol–water partition coefficient (Wildman–Crippen LogP) is 2.87. The van der Waals surface area contributed by atoms with Crippen LogP contribution in [-0.4, -0.2) is 18.0 Å². The van der Waals surface area contributed by atoms with E-state index in [9.17, 15) is 5.11 Å². The van der Waals surface area contributed by atoms with Gasteiger partial charge in [0.25, 0.3) is 0 Å². The highest BCUT2D eigenvalue weighted by molar-refractivity contribution is 5.20. The van der Waals surface area contributed by atoms with Crippen molar-refractivity contribution >= 4 is 0 Å². The molecule has 0 amide bonds. The number of fused-ring (bicyclic) bond motifs is 2. The van der Waals surface area contributed by atoms with Gasteiger partial charge in [-0.1, -0.05) is 25.0 Å². The molecule has 2 heteroatoms. The third-order valence-electron chi connectivity index (χ3n) is 5.16. The lowest BCUT2D eigenvalue weighted by molar-refractivity contribution is -0.0606. The number of aliphatic hydroxyl groups is 1. The summed E-state index contributed by atoms with van der Waals surface area (Å²) in [5, 5.41) is 9.71. The Balaban J connectivity index is 1.93. The quantitative estimate of drug-likeness (QED) is 0.639. The Bertz CT molecular complexity index is 310. The molecular formula is C14H22O2. The van der Waals surface area contributed by atoms with Gasteiger partial charge in [0.05, 0.1) is 6.61 Å². The summed E-state index contributed by atoms with van der Waals surface area (Å²) in [5.41, 5.74) is 1.92. The van der Waals surface area contributed by atoms with E-state index in [0.29, 0.717) is 11.8 Å². The van der Waals surface area contributed by atoms with Gasteiger partial charge in [0.2, 0.25) is 0 Å². The van der Waals surface area contributed by atoms with E-state index < -0.39 is 6.29 Å². The zero-order valence-corrected chi connectivity index (χ0v) is 10.1. The van der Waals surface area contributed by atoms with Crippen LogP contribution in [0.2, 0.25) is 0 Å². The minimum absolute atomic E-state index is 0.254. The first-order valence-corrected chi connectivity index (χ1v) is 6.71. The molecule has 2 aliphatic carbocycles. The maximum atomic E-state index is 9.71. The largest absolute Gasteiger partial charge is 0.368 e. The fourth-order valence-corrected chi connectivity index (χ4v) is 4.13. The van der Waals surface area contributed by atoms with E-state index in [0.717, 1.165) is 13.0 Å². The van der Waals surface area contributed by atoms with E-state index in [2.05, 4.69) is 13.0 Å². The summed E-state index contributed by atoms with van der Waals surface area (Å²) >= 11 is 0. The minimum Gasteiger partial charge on any atom is -0.368 e. The Morgan fingerprint density at radius 1 is 1.44 bits per heavy atom. The van der Waals surface area contributed by atoms with Gasteiger partial charge in [-0.15, -0.1) is 0 Å². The first kappa shape index (κ1) is 10.8. The van der Waals surface area contributed by atoms with Crippen molar-refractivity contribution in [3.63, 3.8) is 0 Å². The smallest absolute Gasteiger partial charge is 0.155 e. The molecule has 2 nitrogen and oxygen atoms in total. The van der Waals surface area contributed by atoms with Crippen molar-refractivity contribution in [2.24, 2.45) is 17.3 Å². The molecule has 3 rings (SSSR count). The van der Waals surface area contributed by atoms with Crippen molar-refractivity contribution in [3.8, 4) is 0 Å². The molecule has 1 saturated carbocycles. The highest BCUT2D eigenvalue weighted by Gasteiger charge is 2.51. The summed E-state index contributed by atoms with van der Waals surface area (Å²) in [6.45, 7) is 3.11. The van der Waals surface area contributed by atoms with E-state index >= 15 is 0 Å². The van der Waals surface area contributed by atoms with Gasteiger partial charge in [-0.25, -0.2) is 0 Å². The van der Waals surface area contributed by atoms with Crippen LogP contribution in [0.3, 0.4) is 0 Å². The second-order valence-corrected chi connectivity index (χ2v) is 5.92. The van der Waals surface area contributed by atoms with Gasteiger partial charge in [-0.05, 0) is 37.5 Å². The second kappa shape index (κ2) is 3.85. The van der Waals surface area contributed by atoms with Gasteiger partial charge >= 0.3 is 0 Å². The van der Waals surface area contributed by atoms with E-state index in [1.54, 1.807) is 5.57 Å². The molecular weight excluding hydrogens is 200 g/mol. The van der Waals surface area contributed by atoms with E-state index in [4.69, 9.17) is 4.74 Å². The van der Waals surface area contributed by atoms with Crippen molar-refractivity contribution < 1.29 is 9.84 Å². The number of rotatable bonds is 0. The first-order valence-electron chi connectivity index (χ1n) is 6.71. The Kier molecular flexibility index (Phi) is 2.60. The van der Waals surface area contributed by atoms with Gasteiger partial charge in [0.1, 0.15) is 0 Å². The number of ether oxygens (including phenoxy) is 1. The molecule has 0 radical (unpaired) electrons. The number of aliphatic hydroxyl groups excluding tert-OH is 1. The van der Waals surface area contributed by atoms with E-state index in [1.807, 2.05) is 0 Å². The first-order chi connectivity index (χ1) is 7.72. The Labute approximate surface area is 97.7 Å². The molecule has 0 aromatic heterocycles. The normalized spacial score (nSPS) is 47.9. The van der Waals surface area contributed by atoms with Crippen LogP contribution < -0.4 is 0 Å². The second-order valence-electron chi connectivity index (χ2n) is 5.92. The minimum atomic E-state index is -0.510. The number of hydrogen-bond donors (Lipinski definition) is 1. The van der Waals surface area contributed by atoms with Crippen molar-refractivity contribution in [2.45, 2.75) is 51.7 Å². The molecule has 1 N–H and O–H groups in total. The molecule has 3 aliphatic rings. The predicted molar refractivity (Wildman–Crippen MR) is 62.8 cm³/mol. The van der Waals surface area contributed by atoms with Crippen molar-refractivity contribution in [1.82, 2.24) is 0 Å². The molecule has 0 aromatic rings. The van der Waals surface area contributed by atoms with Gasteiger partial charge in [0.15, 0.2) is 6.29 Å². The maximum Gasteiger partial charge on any atom is 0.155 e. The summed E-state index contributed by atoms with van der Waals surface area (Å²) < 4.78 is 5.49. The van der Waals surface area contributed by atoms with Crippen LogP contribution in [-0.2, 0) is 4.74 Å². The third-order valence-corrected chi connectivity index (χ3v) is 5.16. The Morgan fingerprint density at radius 2 is 2.31 bits per heavy atom. The summed E-state index contributed by atoms with van der Waals surface area (Å²) in [7, 11) is 0. The van der Waals surface area contributed by atoms with Crippen LogP contribution in [0.15, 0.2) is 11.6 Å². The van der Waals surface area contributed by atoms with Gasteiger partial charge in [0, 0.05) is 11.8 Å². The van der Waals surface area contributed by atoms with Crippen LogP contribution in [0.1, 0.15) is 45.4 Å². The average Bonchev–Trinajstić information content (AvgIpc) is 2.68. The lowest BCUT2D eigenvalue weighted by Crippen LogP contribution is -2.42. The summed E-state index contributed by atoms with van der Waals surface area (Å²) in [5.74, 6) is 1.36. The molecule has 90 valence electrons. The van der Waals surface area contributed by atoms with Crippen molar-refractivity contribution in [1.29, 1.82) is 0 Å². The Morgan fingerprint density at radius 3 is 3.06 bits per heavy atom. The summed E-state index contributed by atoms with van der Waals surface area (Å²) in [6.07, 6.45) is 9.32. The monoisotopic (exact) mass is 222 g/mol. The fourth-order valence-electron chi connectivity index (χ4n) is 4.13. The molecule has 1 aliphatic heterocycles. The molecule has 0 aromatic carbocycles. The molecule has 1 heterocycles. The fraction of sp³-hybridized carbons (Fsp3) is 0.857. The summed E-state index contributed by atoms with van der Waals surface area (Å²) in [4.78, 5) is 0. The average molecular weight is 222 g/mol. The highest BCUT2D eigenvalue weighted by atomic mass is 16.6. The molecule has 2 fully saturated rings. The maximum absolute atomic E-state index is 9.71. The standard InChI is InChI=1S/C14H22O2/c1-10-6-7-11-4-2-3-5-12(11)14(10)8-13(15)16-9-14/h7,10,12-13,15H,2-6,8-9H2,1H3. The van der Waals surface area contributed by atoms with Crippen LogP contribution >= 0.6 is 0 Å². The van der Waals surface area contributed by atoms with E-state index in [-0.39, 0.29) is 5.41 Å². The number of hydrogen-bond acceptors (Lipinski definition) is 2. The molecule has 1 spiro atoms. The van der Waals surface area contributed by atoms with Crippen molar-refractivity contribution in [3.05, 3.63) is 11.6 Å². The van der Waals surface area contributed by atoms with Crippen LogP contribution in [0.25, 0.3) is 0 Å². The van der Waals surface area contributed by atoms with Gasteiger partial charge in [-0.3, -0.25) is 0 Å². The molecule has 4 atom stereocenters. The van der Waals surface area contributed by atoms with Gasteiger partial charge in [-0.2, -0.15) is 0 Å². The van der Waals surface area contributed by atoms with Crippen LogP contribution in [0.4, 0.5) is 0 Å². The van der Waals surface area contributed by atoms with E-state index in [1.165, 1.54) is 32.1 Å². The summed E-state index contributed by atoms with van der Waals surface area (Å²) in [6, 6.07) is 0. The molecule has 4 unspecified atom stereocenters. The SMILES string of the molecule is CC1CC=C2CCCCC2C12COC(O)C2. The zero-order valence-electron chi connectivity index (χ0n) is 10.1. The van der Waals surface area contributed by atoms with Crippen LogP contribution in [0, 0.1) is 17.3 Å². The highest BCUT2D eigenvalue weighted by Crippen LogP contribution is 2.55. The van der Waals surface area contributed by atoms with Gasteiger partial charge < -0.3 is 9.84 Å². The Hall–Kier alpha value is -0.340. The topological polar surface area (TPSA) is 29.5 Å². The number of allylic oxidation sites excluding steroid dienone is 2. The third kappa shape index (κ3) is 1.46. The molecule has 1 saturated heterocycles.